The van der Waals surface area contributed by atoms with Crippen molar-refractivity contribution in [1.82, 2.24) is 10.6 Å². The zero-order valence-corrected chi connectivity index (χ0v) is 25.8. The van der Waals surface area contributed by atoms with Crippen LogP contribution in [0.5, 0.6) is 0 Å². The topological polar surface area (TPSA) is 82.1 Å². The predicted octanol–water partition coefficient (Wildman–Crippen LogP) is 8.48. The lowest BCUT2D eigenvalue weighted by Crippen LogP contribution is -2.45. The van der Waals surface area contributed by atoms with Crippen molar-refractivity contribution >= 4 is 40.9 Å². The lowest BCUT2D eigenvalue weighted by Gasteiger charge is -2.14. The van der Waals surface area contributed by atoms with Crippen LogP contribution in [0.3, 0.4) is 0 Å². The van der Waals surface area contributed by atoms with Gasteiger partial charge in [-0.2, -0.15) is 0 Å². The lowest BCUT2D eigenvalue weighted by atomic mass is 10.0. The van der Waals surface area contributed by atoms with E-state index in [9.17, 15) is 9.59 Å². The Kier molecular flexibility index (Phi) is 21.4. The molecule has 1 aliphatic heterocycles. The molecule has 3 N–H and O–H groups in total. The van der Waals surface area contributed by atoms with E-state index in [1.165, 1.54) is 18.2 Å². The van der Waals surface area contributed by atoms with Gasteiger partial charge in [-0.3, -0.25) is 15.0 Å². The van der Waals surface area contributed by atoms with Crippen molar-refractivity contribution in [1.29, 1.82) is 5.41 Å². The number of benzene rings is 1. The summed E-state index contributed by atoms with van der Waals surface area (Å²) in [6, 6.07) is 7.54. The standard InChI is InChI=1S/C16H14ClNS.C11H18N2O2.C3H8.C2H6/c1-2-19-15-9-4-3-8-14(15)16(18)12-6-5-7-13(17)11-10-12;1-2-3-7-10(14)13-9-6-4-5-8-12-11(9)15;1-3-2;1-2/h2-4,6-11,18H,1,5H2;2-3,9H,4-8H2,1H3,(H,12,15)(H,13,14);3H2,1-2H3;1-2H3/b;3-2-;;. The molecule has 1 heterocycles. The predicted molar refractivity (Wildman–Crippen MR) is 171 cm³/mol. The number of halogens is 1. The minimum Gasteiger partial charge on any atom is -0.354 e. The first kappa shape index (κ1) is 36.2. The van der Waals surface area contributed by atoms with Gasteiger partial charge in [0.15, 0.2) is 0 Å². The summed E-state index contributed by atoms with van der Waals surface area (Å²) in [6.45, 7) is 14.6. The summed E-state index contributed by atoms with van der Waals surface area (Å²) in [5.74, 6) is -0.142. The highest BCUT2D eigenvalue weighted by Crippen LogP contribution is 2.26. The van der Waals surface area contributed by atoms with Gasteiger partial charge in [-0.15, -0.1) is 0 Å². The third-order valence-corrected chi connectivity index (χ3v) is 6.19. The molecular weight excluding hydrogens is 526 g/mol. The van der Waals surface area contributed by atoms with Crippen molar-refractivity contribution in [2.75, 3.05) is 6.54 Å². The summed E-state index contributed by atoms with van der Waals surface area (Å²) in [7, 11) is 0. The summed E-state index contributed by atoms with van der Waals surface area (Å²) < 4.78 is 0. The van der Waals surface area contributed by atoms with Crippen LogP contribution < -0.4 is 10.6 Å². The van der Waals surface area contributed by atoms with E-state index in [4.69, 9.17) is 17.0 Å². The van der Waals surface area contributed by atoms with E-state index in [1.54, 1.807) is 11.5 Å². The number of hydrogen-bond acceptors (Lipinski definition) is 4. The van der Waals surface area contributed by atoms with E-state index in [1.807, 2.05) is 75.4 Å². The number of carbonyl (C=O) groups excluding carboxylic acids is 2. The molecule has 7 heteroatoms. The molecule has 1 unspecified atom stereocenters. The Labute approximate surface area is 245 Å². The molecule has 2 amide bonds. The number of rotatable bonds is 7. The molecular formula is C32H46ClN3O2S. The third kappa shape index (κ3) is 15.4. The van der Waals surface area contributed by atoms with Gasteiger partial charge in [-0.1, -0.05) is 113 Å². The van der Waals surface area contributed by atoms with Crippen molar-refractivity contribution in [3.8, 4) is 0 Å². The number of allylic oxidation sites excluding steroid dienone is 7. The smallest absolute Gasteiger partial charge is 0.242 e. The highest BCUT2D eigenvalue weighted by Gasteiger charge is 2.21. The molecule has 0 saturated carbocycles. The minimum atomic E-state index is -0.342. The van der Waals surface area contributed by atoms with E-state index in [2.05, 4.69) is 31.1 Å². The minimum absolute atomic E-state index is 0.0543. The van der Waals surface area contributed by atoms with Crippen LogP contribution in [-0.2, 0) is 9.59 Å². The van der Waals surface area contributed by atoms with Gasteiger partial charge in [0.05, 0.1) is 5.71 Å². The largest absolute Gasteiger partial charge is 0.354 e. The summed E-state index contributed by atoms with van der Waals surface area (Å²) >= 11 is 7.50. The highest BCUT2D eigenvalue weighted by atomic mass is 35.5. The molecule has 0 aromatic heterocycles. The lowest BCUT2D eigenvalue weighted by molar-refractivity contribution is -0.128. The first-order valence-electron chi connectivity index (χ1n) is 13.8. The maximum Gasteiger partial charge on any atom is 0.242 e. The molecule has 0 spiro atoms. The fourth-order valence-electron chi connectivity index (χ4n) is 3.37. The number of hydrogen-bond donors (Lipinski definition) is 3. The Morgan fingerprint density at radius 1 is 1.21 bits per heavy atom. The summed E-state index contributed by atoms with van der Waals surface area (Å²) in [5.41, 5.74) is 2.33. The molecule has 1 saturated heterocycles. The van der Waals surface area contributed by atoms with Crippen LogP contribution in [0.4, 0.5) is 0 Å². The molecule has 214 valence electrons. The molecule has 5 nitrogen and oxygen atoms in total. The number of carbonyl (C=O) groups is 2. The van der Waals surface area contributed by atoms with E-state index in [0.29, 0.717) is 17.2 Å². The molecule has 1 fully saturated rings. The Morgan fingerprint density at radius 2 is 1.90 bits per heavy atom. The van der Waals surface area contributed by atoms with Crippen LogP contribution in [0.25, 0.3) is 0 Å². The molecule has 39 heavy (non-hydrogen) atoms. The fourth-order valence-corrected chi connectivity index (χ4v) is 4.15. The van der Waals surface area contributed by atoms with Crippen molar-refractivity contribution in [3.63, 3.8) is 0 Å². The Bertz CT molecular complexity index is 1030. The second-order valence-corrected chi connectivity index (χ2v) is 9.81. The van der Waals surface area contributed by atoms with Gasteiger partial charge in [0.2, 0.25) is 11.8 Å². The maximum absolute atomic E-state index is 11.5. The van der Waals surface area contributed by atoms with Crippen molar-refractivity contribution in [2.24, 2.45) is 0 Å². The molecule has 0 radical (unpaired) electrons. The van der Waals surface area contributed by atoms with Gasteiger partial charge in [-0.05, 0) is 55.7 Å². The van der Waals surface area contributed by atoms with Crippen molar-refractivity contribution in [2.45, 2.75) is 84.1 Å². The van der Waals surface area contributed by atoms with Crippen LogP contribution >= 0.6 is 23.4 Å². The molecule has 0 bridgehead atoms. The second kappa shape index (κ2) is 23.1. The van der Waals surface area contributed by atoms with E-state index in [-0.39, 0.29) is 17.9 Å². The second-order valence-electron chi connectivity index (χ2n) is 8.36. The number of amides is 2. The first-order valence-corrected chi connectivity index (χ1v) is 15.0. The molecule has 1 aromatic rings. The summed E-state index contributed by atoms with van der Waals surface area (Å²) in [4.78, 5) is 23.9. The Hall–Kier alpha value is -2.83. The SMILES string of the molecule is C/C=C\CC(=O)NC1CCCCNC1=O.C=CSc1ccccc1C(=N)C1=CCC=C(Cl)C=C1.CC.CCC. The molecule has 1 aromatic carbocycles. The molecule has 3 rings (SSSR count). The summed E-state index contributed by atoms with van der Waals surface area (Å²) in [5, 5.41) is 16.4. The quantitative estimate of drug-likeness (QED) is 0.174. The van der Waals surface area contributed by atoms with Gasteiger partial charge in [-0.25, -0.2) is 0 Å². The highest BCUT2D eigenvalue weighted by molar-refractivity contribution is 8.02. The number of nitrogens with one attached hydrogen (secondary N) is 3. The molecule has 2 aliphatic rings. The molecule has 1 aliphatic carbocycles. The maximum atomic E-state index is 11.5. The van der Waals surface area contributed by atoms with Gasteiger partial charge >= 0.3 is 0 Å². The number of thioether (sulfide) groups is 1. The zero-order valence-electron chi connectivity index (χ0n) is 24.2. The molecule has 1 atom stereocenters. The first-order chi connectivity index (χ1) is 18.9. The van der Waals surface area contributed by atoms with Gasteiger partial charge in [0.25, 0.3) is 0 Å². The van der Waals surface area contributed by atoms with E-state index in [0.717, 1.165) is 48.3 Å². The normalized spacial score (nSPS) is 16.2. The fraction of sp³-hybridized carbons (Fsp3) is 0.406. The van der Waals surface area contributed by atoms with E-state index >= 15 is 0 Å². The Balaban J connectivity index is 0.000000649. The van der Waals surface area contributed by atoms with Crippen LogP contribution in [0.2, 0.25) is 0 Å². The van der Waals surface area contributed by atoms with Crippen LogP contribution in [-0.4, -0.2) is 30.1 Å². The average molecular weight is 572 g/mol. The zero-order chi connectivity index (χ0) is 29.5. The Morgan fingerprint density at radius 3 is 2.56 bits per heavy atom. The summed E-state index contributed by atoms with van der Waals surface area (Å²) in [6.07, 6.45) is 16.3. The monoisotopic (exact) mass is 571 g/mol. The average Bonchev–Trinajstić information content (AvgIpc) is 3.29. The van der Waals surface area contributed by atoms with Crippen molar-refractivity contribution in [3.05, 3.63) is 88.9 Å². The van der Waals surface area contributed by atoms with Crippen LogP contribution in [0.1, 0.15) is 78.7 Å². The van der Waals surface area contributed by atoms with Gasteiger partial charge in [0.1, 0.15) is 6.04 Å². The van der Waals surface area contributed by atoms with E-state index < -0.39 is 0 Å². The third-order valence-electron chi connectivity index (χ3n) is 5.14. The van der Waals surface area contributed by atoms with Crippen molar-refractivity contribution < 1.29 is 9.59 Å². The van der Waals surface area contributed by atoms with Crippen LogP contribution in [0.15, 0.2) is 88.2 Å². The van der Waals surface area contributed by atoms with Gasteiger partial charge < -0.3 is 10.6 Å². The van der Waals surface area contributed by atoms with Crippen LogP contribution in [0, 0.1) is 5.41 Å². The van der Waals surface area contributed by atoms with Gasteiger partial charge in [0, 0.05) is 28.5 Å².